The van der Waals surface area contributed by atoms with Crippen LogP contribution in [0.3, 0.4) is 0 Å². The van der Waals surface area contributed by atoms with Crippen molar-refractivity contribution in [1.82, 2.24) is 0 Å². The van der Waals surface area contributed by atoms with E-state index in [4.69, 9.17) is 27.9 Å². The Morgan fingerprint density at radius 1 is 1.20 bits per heavy atom. The van der Waals surface area contributed by atoms with Gasteiger partial charge in [0.2, 0.25) is 0 Å². The summed E-state index contributed by atoms with van der Waals surface area (Å²) in [5.74, 6) is -1.32. The van der Waals surface area contributed by atoms with Crippen LogP contribution in [0, 0.1) is 28.1 Å². The minimum Gasteiger partial charge on any atom is -0.481 e. The average Bonchev–Trinajstić information content (AvgIpc) is 3.19. The first-order chi connectivity index (χ1) is 14.0. The lowest BCUT2D eigenvalue weighted by atomic mass is 9.78. The molecule has 3 rings (SSSR count). The highest BCUT2D eigenvalue weighted by Gasteiger charge is 2.82. The molecule has 0 unspecified atom stereocenters. The number of nitriles is 1. The number of hydrogen-bond donors (Lipinski definition) is 1. The molecule has 4 atom stereocenters. The summed E-state index contributed by atoms with van der Waals surface area (Å²) >= 11 is 19.1. The Hall–Kier alpha value is -1.26. The van der Waals surface area contributed by atoms with Crippen LogP contribution in [0.15, 0.2) is 54.6 Å². The van der Waals surface area contributed by atoms with E-state index in [1.165, 1.54) is 0 Å². The van der Waals surface area contributed by atoms with Crippen LogP contribution < -0.4 is 4.74 Å². The van der Waals surface area contributed by atoms with Crippen LogP contribution in [0.4, 0.5) is 0 Å². The van der Waals surface area contributed by atoms with Crippen LogP contribution in [-0.4, -0.2) is 19.1 Å². The molecule has 1 aliphatic rings. The second-order valence-electron chi connectivity index (χ2n) is 7.87. The van der Waals surface area contributed by atoms with Crippen LogP contribution in [0.25, 0.3) is 0 Å². The van der Waals surface area contributed by atoms with Gasteiger partial charge in [-0.15, -0.1) is 0 Å². The van der Waals surface area contributed by atoms with Crippen molar-refractivity contribution in [3.8, 4) is 17.6 Å². The molecule has 1 aliphatic carbocycles. The Labute approximate surface area is 202 Å². The smallest absolute Gasteiger partial charge is 0.312 e. The number of carboxylic acid groups (broad SMARTS) is 1. The predicted molar refractivity (Wildman–Crippen MR) is 125 cm³/mol. The highest BCUT2D eigenvalue weighted by atomic mass is 79.9. The first-order valence-corrected chi connectivity index (χ1v) is 11.6. The standard InChI is InChI=1S/C22H19Br2Cl2NO3/c1-20(2)17(18(23)22(24,25)26)21(20,19(28)29)16(12-27)13-7-6-10-15(11-13)30-14-8-4-3-5-9-14/h3-11,16-18H,1-2H3,(H,28,29)/t16-,17-,18+,21+/m1/s1. The lowest BCUT2D eigenvalue weighted by Gasteiger charge is -2.25. The van der Waals surface area contributed by atoms with Gasteiger partial charge in [0, 0.05) is 0 Å². The largest absolute Gasteiger partial charge is 0.481 e. The Bertz CT molecular complexity index is 988. The molecule has 0 amide bonds. The number of alkyl halides is 4. The van der Waals surface area contributed by atoms with Crippen molar-refractivity contribution < 1.29 is 14.6 Å². The lowest BCUT2D eigenvalue weighted by Crippen LogP contribution is -2.32. The van der Waals surface area contributed by atoms with Gasteiger partial charge in [0.05, 0.1) is 22.2 Å². The zero-order valence-electron chi connectivity index (χ0n) is 16.2. The molecule has 8 heteroatoms. The van der Waals surface area contributed by atoms with Gasteiger partial charge in [-0.05, 0) is 57.1 Å². The van der Waals surface area contributed by atoms with Crippen LogP contribution >= 0.6 is 55.1 Å². The van der Waals surface area contributed by atoms with Gasteiger partial charge < -0.3 is 9.84 Å². The van der Waals surface area contributed by atoms with Crippen molar-refractivity contribution in [2.75, 3.05) is 0 Å². The van der Waals surface area contributed by atoms with E-state index in [0.717, 1.165) is 0 Å². The molecular weight excluding hydrogens is 557 g/mol. The minimum absolute atomic E-state index is 0.500. The van der Waals surface area contributed by atoms with E-state index in [9.17, 15) is 15.2 Å². The van der Waals surface area contributed by atoms with Crippen LogP contribution in [0.1, 0.15) is 25.3 Å². The number of hydrogen-bond acceptors (Lipinski definition) is 3. The molecule has 0 radical (unpaired) electrons. The summed E-state index contributed by atoms with van der Waals surface area (Å²) in [5.41, 5.74) is -1.57. The molecule has 0 aromatic heterocycles. The quantitative estimate of drug-likeness (QED) is 0.357. The van der Waals surface area contributed by atoms with Crippen molar-refractivity contribution in [3.63, 3.8) is 0 Å². The maximum atomic E-state index is 12.6. The van der Waals surface area contributed by atoms with Crippen molar-refractivity contribution in [2.45, 2.75) is 27.8 Å². The second kappa shape index (κ2) is 8.35. The maximum Gasteiger partial charge on any atom is 0.312 e. The van der Waals surface area contributed by atoms with E-state index in [1.54, 1.807) is 24.3 Å². The molecule has 2 aromatic carbocycles. The molecule has 158 valence electrons. The molecule has 1 fully saturated rings. The monoisotopic (exact) mass is 573 g/mol. The first kappa shape index (κ1) is 23.4. The number of nitrogens with zero attached hydrogens (tertiary/aromatic N) is 1. The van der Waals surface area contributed by atoms with Crippen LogP contribution in [-0.2, 0) is 4.79 Å². The number of ether oxygens (including phenoxy) is 1. The number of carbonyl (C=O) groups is 1. The highest BCUT2D eigenvalue weighted by molar-refractivity contribution is 9.13. The van der Waals surface area contributed by atoms with Gasteiger partial charge >= 0.3 is 5.97 Å². The number of aliphatic carboxylic acids is 1. The maximum absolute atomic E-state index is 12.6. The van der Waals surface area contributed by atoms with Crippen LogP contribution in [0.2, 0.25) is 0 Å². The molecule has 30 heavy (non-hydrogen) atoms. The summed E-state index contributed by atoms with van der Waals surface area (Å²) in [5, 5.41) is 20.4. The molecule has 0 aliphatic heterocycles. The van der Waals surface area contributed by atoms with Crippen molar-refractivity contribution in [2.24, 2.45) is 16.7 Å². The summed E-state index contributed by atoms with van der Waals surface area (Å²) in [6.45, 7) is 3.64. The fourth-order valence-electron chi connectivity index (χ4n) is 4.53. The minimum atomic E-state index is -1.38. The number of rotatable bonds is 7. The van der Waals surface area contributed by atoms with Crippen molar-refractivity contribution >= 4 is 61.0 Å². The highest BCUT2D eigenvalue weighted by Crippen LogP contribution is 2.78. The van der Waals surface area contributed by atoms with Gasteiger partial charge in [-0.25, -0.2) is 0 Å². The van der Waals surface area contributed by atoms with E-state index in [0.29, 0.717) is 17.1 Å². The number of halogens is 4. The summed E-state index contributed by atoms with van der Waals surface area (Å²) < 4.78 is 4.49. The first-order valence-electron chi connectivity index (χ1n) is 9.14. The molecule has 0 saturated heterocycles. The third-order valence-electron chi connectivity index (χ3n) is 5.96. The molecule has 0 bridgehead atoms. The topological polar surface area (TPSA) is 70.3 Å². The third-order valence-corrected chi connectivity index (χ3v) is 9.29. The molecule has 0 spiro atoms. The normalized spacial score (nSPS) is 24.4. The molecule has 1 saturated carbocycles. The SMILES string of the molecule is CC1(C)[C@@H]([C@H](Br)C(Cl)(Cl)Br)[C@]1(C(=O)O)[C@H](C#N)c1cccc(Oc2ccccc2)c1. The summed E-state index contributed by atoms with van der Waals surface area (Å²) in [6.07, 6.45) is 0. The van der Waals surface area contributed by atoms with Gasteiger partial charge in [0.25, 0.3) is 0 Å². The van der Waals surface area contributed by atoms with Gasteiger partial charge in [-0.1, -0.05) is 83.3 Å². The molecule has 4 nitrogen and oxygen atoms in total. The van der Waals surface area contributed by atoms with Gasteiger partial charge in [0.15, 0.2) is 3.24 Å². The van der Waals surface area contributed by atoms with Crippen molar-refractivity contribution in [1.29, 1.82) is 5.26 Å². The zero-order chi connectivity index (χ0) is 22.3. The Kier molecular flexibility index (Phi) is 6.51. The van der Waals surface area contributed by atoms with E-state index in [1.807, 2.05) is 44.2 Å². The van der Waals surface area contributed by atoms with Gasteiger partial charge in [-0.3, -0.25) is 4.79 Å². The molecular formula is C22H19Br2Cl2NO3. The van der Waals surface area contributed by atoms with E-state index < -0.39 is 36.7 Å². The molecule has 2 aromatic rings. The average molecular weight is 576 g/mol. The van der Waals surface area contributed by atoms with Gasteiger partial charge in [-0.2, -0.15) is 5.26 Å². The number of benzene rings is 2. The fourth-order valence-corrected chi connectivity index (χ4v) is 6.12. The fraction of sp³-hybridized carbons (Fsp3) is 0.364. The lowest BCUT2D eigenvalue weighted by molar-refractivity contribution is -0.145. The summed E-state index contributed by atoms with van der Waals surface area (Å²) in [7, 11) is 0. The van der Waals surface area contributed by atoms with E-state index in [-0.39, 0.29) is 0 Å². The Balaban J connectivity index is 2.03. The van der Waals surface area contributed by atoms with E-state index >= 15 is 0 Å². The van der Waals surface area contributed by atoms with Crippen LogP contribution in [0.5, 0.6) is 11.5 Å². The Morgan fingerprint density at radius 2 is 1.80 bits per heavy atom. The second-order valence-corrected chi connectivity index (χ2v) is 12.4. The van der Waals surface area contributed by atoms with E-state index in [2.05, 4.69) is 37.9 Å². The summed E-state index contributed by atoms with van der Waals surface area (Å²) in [6, 6.07) is 18.4. The summed E-state index contributed by atoms with van der Waals surface area (Å²) in [4.78, 5) is 12.0. The number of para-hydroxylation sites is 1. The number of carboxylic acids is 1. The van der Waals surface area contributed by atoms with Crippen molar-refractivity contribution in [3.05, 3.63) is 60.2 Å². The third kappa shape index (κ3) is 3.86. The molecule has 0 heterocycles. The molecule has 1 N–H and O–H groups in total. The van der Waals surface area contributed by atoms with Gasteiger partial charge in [0.1, 0.15) is 11.5 Å². The zero-order valence-corrected chi connectivity index (χ0v) is 20.8. The predicted octanol–water partition coefficient (Wildman–Crippen LogP) is 7.10. The Morgan fingerprint density at radius 3 is 2.33 bits per heavy atom.